The van der Waals surface area contributed by atoms with Crippen molar-refractivity contribution in [2.24, 2.45) is 0 Å². The standard InChI is InChI=1S/C12H14N4O2S2/c1-4-5-19-12-15-14-11(20-12)13-10(17)6-9-7(2)16-18-8(9)3/h4H,1,5-6H2,2-3H3,(H,13,14,17). The second-order valence-corrected chi connectivity index (χ2v) is 6.25. The van der Waals surface area contributed by atoms with E-state index in [0.717, 1.165) is 21.3 Å². The zero-order valence-corrected chi connectivity index (χ0v) is 12.8. The molecule has 8 heteroatoms. The molecule has 6 nitrogen and oxygen atoms in total. The van der Waals surface area contributed by atoms with Crippen LogP contribution in [0.2, 0.25) is 0 Å². The van der Waals surface area contributed by atoms with Crippen LogP contribution in [0.3, 0.4) is 0 Å². The van der Waals surface area contributed by atoms with E-state index in [-0.39, 0.29) is 12.3 Å². The van der Waals surface area contributed by atoms with Crippen LogP contribution in [-0.4, -0.2) is 27.0 Å². The fourth-order valence-electron chi connectivity index (χ4n) is 1.53. The fraction of sp³-hybridized carbons (Fsp3) is 0.333. The van der Waals surface area contributed by atoms with E-state index in [9.17, 15) is 4.79 Å². The van der Waals surface area contributed by atoms with E-state index in [4.69, 9.17) is 4.52 Å². The number of nitrogens with zero attached hydrogens (tertiary/aromatic N) is 3. The van der Waals surface area contributed by atoms with Crippen LogP contribution >= 0.6 is 23.1 Å². The summed E-state index contributed by atoms with van der Waals surface area (Å²) in [4.78, 5) is 11.9. The molecule has 106 valence electrons. The number of anilines is 1. The number of rotatable bonds is 6. The topological polar surface area (TPSA) is 80.9 Å². The Morgan fingerprint density at radius 2 is 2.30 bits per heavy atom. The van der Waals surface area contributed by atoms with Crippen molar-refractivity contribution in [1.29, 1.82) is 0 Å². The smallest absolute Gasteiger partial charge is 0.230 e. The normalized spacial score (nSPS) is 10.5. The molecule has 2 aromatic heterocycles. The number of hydrogen-bond acceptors (Lipinski definition) is 7. The Labute approximate surface area is 124 Å². The van der Waals surface area contributed by atoms with Crippen molar-refractivity contribution in [3.63, 3.8) is 0 Å². The Hall–Kier alpha value is -1.67. The molecule has 1 amide bonds. The van der Waals surface area contributed by atoms with Gasteiger partial charge in [0.15, 0.2) is 4.34 Å². The molecule has 0 aliphatic carbocycles. The van der Waals surface area contributed by atoms with Crippen LogP contribution in [0.25, 0.3) is 0 Å². The van der Waals surface area contributed by atoms with Crippen molar-refractivity contribution in [2.75, 3.05) is 11.1 Å². The third-order valence-corrected chi connectivity index (χ3v) is 4.46. The SMILES string of the molecule is C=CCSc1nnc(NC(=O)Cc2c(C)noc2C)s1. The summed E-state index contributed by atoms with van der Waals surface area (Å²) in [5.74, 6) is 1.27. The Morgan fingerprint density at radius 3 is 2.95 bits per heavy atom. The van der Waals surface area contributed by atoms with E-state index in [1.54, 1.807) is 13.0 Å². The Bertz CT molecular complexity index is 601. The summed E-state index contributed by atoms with van der Waals surface area (Å²) < 4.78 is 5.83. The van der Waals surface area contributed by atoms with Gasteiger partial charge in [0.05, 0.1) is 12.1 Å². The van der Waals surface area contributed by atoms with Gasteiger partial charge in [-0.15, -0.1) is 16.8 Å². The molecule has 0 unspecified atom stereocenters. The first-order valence-electron chi connectivity index (χ1n) is 5.89. The lowest BCUT2D eigenvalue weighted by atomic mass is 10.1. The molecule has 2 aromatic rings. The predicted molar refractivity (Wildman–Crippen MR) is 79.1 cm³/mol. The van der Waals surface area contributed by atoms with Crippen LogP contribution in [0.4, 0.5) is 5.13 Å². The van der Waals surface area contributed by atoms with Gasteiger partial charge in [-0.25, -0.2) is 0 Å². The Kier molecular flexibility index (Phi) is 4.91. The van der Waals surface area contributed by atoms with Crippen molar-refractivity contribution in [3.8, 4) is 0 Å². The van der Waals surface area contributed by atoms with Crippen molar-refractivity contribution < 1.29 is 9.32 Å². The van der Waals surface area contributed by atoms with Crippen LogP contribution < -0.4 is 5.32 Å². The monoisotopic (exact) mass is 310 g/mol. The van der Waals surface area contributed by atoms with Gasteiger partial charge in [0, 0.05) is 11.3 Å². The van der Waals surface area contributed by atoms with Gasteiger partial charge >= 0.3 is 0 Å². The molecule has 0 spiro atoms. The van der Waals surface area contributed by atoms with E-state index in [1.807, 2.05) is 6.92 Å². The Morgan fingerprint density at radius 1 is 1.50 bits per heavy atom. The molecule has 0 atom stereocenters. The highest BCUT2D eigenvalue weighted by Gasteiger charge is 2.15. The number of thioether (sulfide) groups is 1. The third-order valence-electron chi connectivity index (χ3n) is 2.50. The minimum absolute atomic E-state index is 0.157. The zero-order chi connectivity index (χ0) is 14.5. The van der Waals surface area contributed by atoms with E-state index in [1.165, 1.54) is 23.1 Å². The summed E-state index contributed by atoms with van der Waals surface area (Å²) in [7, 11) is 0. The Balaban J connectivity index is 1.94. The lowest BCUT2D eigenvalue weighted by Gasteiger charge is -2.00. The summed E-state index contributed by atoms with van der Waals surface area (Å²) in [6.07, 6.45) is 2.01. The molecule has 2 heterocycles. The van der Waals surface area contributed by atoms with Crippen molar-refractivity contribution in [2.45, 2.75) is 24.6 Å². The molecule has 0 radical (unpaired) electrons. The van der Waals surface area contributed by atoms with Gasteiger partial charge in [-0.3, -0.25) is 4.79 Å². The van der Waals surface area contributed by atoms with E-state index >= 15 is 0 Å². The molecule has 0 aromatic carbocycles. The average Bonchev–Trinajstić information content (AvgIpc) is 2.98. The number of hydrogen-bond donors (Lipinski definition) is 1. The summed E-state index contributed by atoms with van der Waals surface area (Å²) in [6.45, 7) is 7.24. The molecular formula is C12H14N4O2S2. The maximum Gasteiger partial charge on any atom is 0.230 e. The van der Waals surface area contributed by atoms with Crippen molar-refractivity contribution >= 4 is 34.1 Å². The van der Waals surface area contributed by atoms with Gasteiger partial charge in [-0.1, -0.05) is 34.3 Å². The summed E-state index contributed by atoms with van der Waals surface area (Å²) in [5.41, 5.74) is 1.55. The first-order valence-corrected chi connectivity index (χ1v) is 7.69. The van der Waals surface area contributed by atoms with Crippen LogP contribution in [0.1, 0.15) is 17.0 Å². The maximum atomic E-state index is 11.9. The average molecular weight is 310 g/mol. The van der Waals surface area contributed by atoms with Crippen molar-refractivity contribution in [1.82, 2.24) is 15.4 Å². The molecule has 0 bridgehead atoms. The highest BCUT2D eigenvalue weighted by molar-refractivity contribution is 8.01. The number of nitrogens with one attached hydrogen (secondary N) is 1. The number of amides is 1. The van der Waals surface area contributed by atoms with E-state index < -0.39 is 0 Å². The first kappa shape index (κ1) is 14.7. The molecule has 0 aliphatic heterocycles. The van der Waals surface area contributed by atoms with Gasteiger partial charge < -0.3 is 9.84 Å². The zero-order valence-electron chi connectivity index (χ0n) is 11.2. The molecule has 0 saturated carbocycles. The van der Waals surface area contributed by atoms with Crippen LogP contribution in [0.5, 0.6) is 0 Å². The number of carbonyl (C=O) groups is 1. The van der Waals surface area contributed by atoms with Gasteiger partial charge in [-0.05, 0) is 13.8 Å². The molecule has 0 saturated heterocycles. The van der Waals surface area contributed by atoms with E-state index in [2.05, 4.69) is 27.2 Å². The minimum Gasteiger partial charge on any atom is -0.361 e. The molecule has 0 aliphatic rings. The van der Waals surface area contributed by atoms with Crippen LogP contribution in [0, 0.1) is 13.8 Å². The largest absolute Gasteiger partial charge is 0.361 e. The van der Waals surface area contributed by atoms with Gasteiger partial charge in [0.25, 0.3) is 0 Å². The van der Waals surface area contributed by atoms with Crippen LogP contribution in [-0.2, 0) is 11.2 Å². The van der Waals surface area contributed by atoms with E-state index in [0.29, 0.717) is 10.9 Å². The molecular weight excluding hydrogens is 296 g/mol. The predicted octanol–water partition coefficient (Wildman–Crippen LogP) is 2.60. The highest BCUT2D eigenvalue weighted by Crippen LogP contribution is 2.25. The second kappa shape index (κ2) is 6.67. The second-order valence-electron chi connectivity index (χ2n) is 4.00. The molecule has 2 rings (SSSR count). The quantitative estimate of drug-likeness (QED) is 0.502. The third kappa shape index (κ3) is 3.67. The first-order chi connectivity index (χ1) is 9.60. The summed E-state index contributed by atoms with van der Waals surface area (Å²) >= 11 is 2.87. The van der Waals surface area contributed by atoms with Gasteiger partial charge in [0.1, 0.15) is 5.76 Å². The summed E-state index contributed by atoms with van der Waals surface area (Å²) in [6, 6.07) is 0. The fourth-order valence-corrected chi connectivity index (χ4v) is 3.06. The maximum absolute atomic E-state index is 11.9. The van der Waals surface area contributed by atoms with Crippen LogP contribution in [0.15, 0.2) is 21.5 Å². The lowest BCUT2D eigenvalue weighted by molar-refractivity contribution is -0.115. The lowest BCUT2D eigenvalue weighted by Crippen LogP contribution is -2.15. The number of carbonyl (C=O) groups excluding carboxylic acids is 1. The number of aryl methyl sites for hydroxylation is 2. The highest BCUT2D eigenvalue weighted by atomic mass is 32.2. The van der Waals surface area contributed by atoms with Gasteiger partial charge in [0.2, 0.25) is 11.0 Å². The molecule has 20 heavy (non-hydrogen) atoms. The minimum atomic E-state index is -0.157. The van der Waals surface area contributed by atoms with Gasteiger partial charge in [-0.2, -0.15) is 0 Å². The number of aromatic nitrogens is 3. The molecule has 0 fully saturated rings. The molecule has 1 N–H and O–H groups in total. The van der Waals surface area contributed by atoms with Crippen molar-refractivity contribution in [3.05, 3.63) is 29.7 Å². The summed E-state index contributed by atoms with van der Waals surface area (Å²) in [5, 5.41) is 14.9.